The Morgan fingerprint density at radius 3 is 0.250 bits per heavy atom. The number of rotatable bonds is 0. The molecule has 0 radical (unpaired) electrons. The first-order chi connectivity index (χ1) is 12.0. The quantitative estimate of drug-likeness (QED) is 0.128. The molecule has 0 saturated heterocycles. The molecular formula is F12Na6O12P6. The molecule has 36 heavy (non-hydrogen) atoms. The average molecular weight is 744 g/mol. The Hall–Kier alpha value is 6.30. The molecular weight excluding hydrogens is 744 g/mol. The zero-order valence-corrected chi connectivity index (χ0v) is 35.5. The SMILES string of the molecule is O=P([O-])(F)F.O=P([O-])(F)F.O=P([O-])(F)F.O=P([O-])(F)F.O=P([O-])(F)F.O=P([O-])(F)F.[Na+].[Na+].[Na+].[Na+].[Na+].[Na+]. The van der Waals surface area contributed by atoms with Crippen LogP contribution in [-0.4, -0.2) is 0 Å². The molecule has 0 aromatic carbocycles. The molecule has 0 aromatic heterocycles. The van der Waals surface area contributed by atoms with Crippen LogP contribution in [0, 0.1) is 0 Å². The summed E-state index contributed by atoms with van der Waals surface area (Å²) >= 11 is 0. The van der Waals surface area contributed by atoms with Gasteiger partial charge in [0.25, 0.3) is 0 Å². The van der Waals surface area contributed by atoms with Gasteiger partial charge in [0.05, 0.1) is 0 Å². The minimum Gasteiger partial charge on any atom is -0.749 e. The molecule has 0 amide bonds. The minimum absolute atomic E-state index is 0. The van der Waals surface area contributed by atoms with Crippen LogP contribution in [0.5, 0.6) is 0 Å². The van der Waals surface area contributed by atoms with Gasteiger partial charge in [-0.2, -0.15) is 50.4 Å². The fourth-order valence-corrected chi connectivity index (χ4v) is 0. The van der Waals surface area contributed by atoms with Gasteiger partial charge in [-0.15, -0.1) is 0 Å². The van der Waals surface area contributed by atoms with Crippen LogP contribution >= 0.6 is 47.9 Å². The normalized spacial score (nSPS) is 9.83. The van der Waals surface area contributed by atoms with Gasteiger partial charge >= 0.3 is 225 Å². The van der Waals surface area contributed by atoms with Crippen LogP contribution < -0.4 is 207 Å². The van der Waals surface area contributed by atoms with E-state index in [1.54, 1.807) is 0 Å². The molecule has 0 N–H and O–H groups in total. The van der Waals surface area contributed by atoms with E-state index in [2.05, 4.69) is 0 Å². The zero-order chi connectivity index (χ0) is 27.0. The minimum atomic E-state index is -5.89. The first-order valence-corrected chi connectivity index (χ1v) is 12.7. The van der Waals surface area contributed by atoms with Crippen LogP contribution in [0.3, 0.4) is 0 Å². The number of halogens is 12. The van der Waals surface area contributed by atoms with E-state index in [0.717, 1.165) is 0 Å². The number of hydrogen-bond acceptors (Lipinski definition) is 12. The Bertz CT molecular complexity index is 501. The molecule has 0 bridgehead atoms. The van der Waals surface area contributed by atoms with E-state index < -0.39 is 47.9 Å². The second-order valence-electron chi connectivity index (χ2n) is 2.49. The maximum absolute atomic E-state index is 10.0. The van der Waals surface area contributed by atoms with Crippen LogP contribution in [0.1, 0.15) is 0 Å². The van der Waals surface area contributed by atoms with Crippen LogP contribution in [0.25, 0.3) is 0 Å². The van der Waals surface area contributed by atoms with E-state index in [1.807, 2.05) is 0 Å². The summed E-state index contributed by atoms with van der Waals surface area (Å²) in [6.07, 6.45) is 0. The van der Waals surface area contributed by atoms with Gasteiger partial charge in [0.1, 0.15) is 0 Å². The van der Waals surface area contributed by atoms with Crippen LogP contribution in [0.4, 0.5) is 50.4 Å². The molecule has 0 rings (SSSR count). The summed E-state index contributed by atoms with van der Waals surface area (Å²) in [7, 11) is -35.3. The van der Waals surface area contributed by atoms with Crippen LogP contribution in [0.2, 0.25) is 0 Å². The van der Waals surface area contributed by atoms with E-state index >= 15 is 0 Å². The Labute approximate surface area is 326 Å². The van der Waals surface area contributed by atoms with Crippen molar-refractivity contribution in [3.63, 3.8) is 0 Å². The van der Waals surface area contributed by atoms with Gasteiger partial charge in [0.15, 0.2) is 0 Å². The molecule has 0 aliphatic rings. The van der Waals surface area contributed by atoms with Crippen molar-refractivity contribution < 1.29 is 284 Å². The van der Waals surface area contributed by atoms with Crippen molar-refractivity contribution in [2.75, 3.05) is 0 Å². The van der Waals surface area contributed by atoms with E-state index in [9.17, 15) is 50.4 Å². The van der Waals surface area contributed by atoms with Crippen LogP contribution in [0.15, 0.2) is 0 Å². The summed E-state index contributed by atoms with van der Waals surface area (Å²) in [6.45, 7) is 0. The molecule has 0 unspecified atom stereocenters. The van der Waals surface area contributed by atoms with Gasteiger partial charge in [-0.1, -0.05) is 0 Å². The van der Waals surface area contributed by atoms with Crippen molar-refractivity contribution in [1.29, 1.82) is 0 Å². The first-order valence-electron chi connectivity index (χ1n) is 4.22. The summed E-state index contributed by atoms with van der Waals surface area (Å²) in [6, 6.07) is 0. The monoisotopic (exact) mass is 744 g/mol. The van der Waals surface area contributed by atoms with Gasteiger partial charge < -0.3 is 29.4 Å². The molecule has 36 heteroatoms. The summed E-state index contributed by atoms with van der Waals surface area (Å²) in [5, 5.41) is 0. The van der Waals surface area contributed by atoms with Crippen molar-refractivity contribution in [3.8, 4) is 0 Å². The third kappa shape index (κ3) is 1570. The van der Waals surface area contributed by atoms with E-state index in [0.29, 0.717) is 0 Å². The van der Waals surface area contributed by atoms with Gasteiger partial charge in [0, 0.05) is 0 Å². The summed E-state index contributed by atoms with van der Waals surface area (Å²) in [5.74, 6) is 0. The zero-order valence-electron chi connectivity index (χ0n) is 18.1. The Kier molecular flexibility index (Phi) is 81.8. The molecule has 192 valence electrons. The number of hydrogen-bond donors (Lipinski definition) is 0. The molecule has 0 aliphatic carbocycles. The van der Waals surface area contributed by atoms with Gasteiger partial charge in [0.2, 0.25) is 0 Å². The van der Waals surface area contributed by atoms with Gasteiger partial charge in [-0.05, 0) is 0 Å². The summed E-state index contributed by atoms with van der Waals surface area (Å²) < 4.78 is 170. The first kappa shape index (κ1) is 78.6. The van der Waals surface area contributed by atoms with E-state index in [1.165, 1.54) is 0 Å². The van der Waals surface area contributed by atoms with Crippen molar-refractivity contribution >= 4 is 47.9 Å². The van der Waals surface area contributed by atoms with E-state index in [-0.39, 0.29) is 177 Å². The van der Waals surface area contributed by atoms with Crippen molar-refractivity contribution in [2.45, 2.75) is 0 Å². The smallest absolute Gasteiger partial charge is 0.749 e. The maximum atomic E-state index is 10.0. The molecule has 0 heterocycles. The maximum Gasteiger partial charge on any atom is 1.00 e. The second kappa shape index (κ2) is 37.5. The topological polar surface area (TPSA) is 241 Å². The van der Waals surface area contributed by atoms with Crippen molar-refractivity contribution in [1.82, 2.24) is 0 Å². The molecule has 0 spiro atoms. The fourth-order valence-electron chi connectivity index (χ4n) is 0. The standard InChI is InChI=1S/6F2HO2P.6Na/c6*1-5(2,3)4;;;;;;/h6*(H,3,4);;;;;;/q;;;;;;6*+1/p-6. The second-order valence-corrected chi connectivity index (χ2v) is 7.46. The fraction of sp³-hybridized carbons (Fsp3) is 0. The predicted molar refractivity (Wildman–Crippen MR) is 58.9 cm³/mol. The molecule has 0 atom stereocenters. The van der Waals surface area contributed by atoms with Crippen LogP contribution in [-0.2, 0) is 27.4 Å². The molecule has 12 nitrogen and oxygen atoms in total. The molecule has 0 saturated carbocycles. The third-order valence-electron chi connectivity index (χ3n) is 0. The molecule has 0 aliphatic heterocycles. The molecule has 0 fully saturated rings. The predicted octanol–water partition coefficient (Wildman–Crippen LogP) is -15.6. The Morgan fingerprint density at radius 1 is 0.250 bits per heavy atom. The molecule has 0 aromatic rings. The Balaban J connectivity index is -0.0000000186. The van der Waals surface area contributed by atoms with Gasteiger partial charge in [-0.25, -0.2) is 0 Å². The Morgan fingerprint density at radius 2 is 0.250 bits per heavy atom. The largest absolute Gasteiger partial charge is 1.00 e. The van der Waals surface area contributed by atoms with E-state index in [4.69, 9.17) is 56.8 Å². The summed E-state index contributed by atoms with van der Waals surface area (Å²) in [4.78, 5) is 50.0. The average Bonchev–Trinajstić information content (AvgIpc) is 1.94. The summed E-state index contributed by atoms with van der Waals surface area (Å²) in [5.41, 5.74) is 0. The third-order valence-corrected chi connectivity index (χ3v) is 0. The van der Waals surface area contributed by atoms with Gasteiger partial charge in [-0.3, -0.25) is 27.4 Å². The van der Waals surface area contributed by atoms with Crippen molar-refractivity contribution in [2.24, 2.45) is 0 Å². The van der Waals surface area contributed by atoms with Crippen molar-refractivity contribution in [3.05, 3.63) is 0 Å².